The van der Waals surface area contributed by atoms with Gasteiger partial charge in [-0.15, -0.1) is 0 Å². The van der Waals surface area contributed by atoms with E-state index in [2.05, 4.69) is 42.0 Å². The smallest absolute Gasteiger partial charge is 0.124 e. The fourth-order valence-corrected chi connectivity index (χ4v) is 2.45. The van der Waals surface area contributed by atoms with Crippen molar-refractivity contribution in [3.05, 3.63) is 34.1 Å². The molecule has 3 heteroatoms. The minimum atomic E-state index is -0.186. The van der Waals surface area contributed by atoms with Crippen molar-refractivity contribution in [1.29, 1.82) is 0 Å². The molecule has 0 aromatic heterocycles. The van der Waals surface area contributed by atoms with Gasteiger partial charge in [-0.05, 0) is 43.0 Å². The zero-order valence-electron chi connectivity index (χ0n) is 11.5. The molecule has 1 rings (SSSR count). The normalized spacial score (nSPS) is 13.0. The van der Waals surface area contributed by atoms with Gasteiger partial charge in [-0.2, -0.15) is 0 Å². The first-order valence-electron chi connectivity index (χ1n) is 6.65. The summed E-state index contributed by atoms with van der Waals surface area (Å²) in [6.45, 7) is 7.42. The highest BCUT2D eigenvalue weighted by Crippen LogP contribution is 2.15. The summed E-state index contributed by atoms with van der Waals surface area (Å²) in [4.78, 5) is 0. The zero-order valence-corrected chi connectivity index (χ0v) is 13.1. The van der Waals surface area contributed by atoms with Gasteiger partial charge < -0.3 is 5.32 Å². The Morgan fingerprint density at radius 1 is 1.17 bits per heavy atom. The lowest BCUT2D eigenvalue weighted by atomic mass is 10.0. The van der Waals surface area contributed by atoms with E-state index in [9.17, 15) is 4.39 Å². The van der Waals surface area contributed by atoms with E-state index in [1.807, 2.05) is 6.07 Å². The number of halogens is 2. The molecule has 0 heterocycles. The summed E-state index contributed by atoms with van der Waals surface area (Å²) in [5.41, 5.74) is 0.984. The molecule has 0 spiro atoms. The highest BCUT2D eigenvalue weighted by atomic mass is 79.9. The van der Waals surface area contributed by atoms with Crippen molar-refractivity contribution in [2.45, 2.75) is 52.6 Å². The zero-order chi connectivity index (χ0) is 13.5. The summed E-state index contributed by atoms with van der Waals surface area (Å²) in [5, 5.41) is 3.44. The summed E-state index contributed by atoms with van der Waals surface area (Å²) in [6.07, 6.45) is 3.70. The predicted octanol–water partition coefficient (Wildman–Crippen LogP) is 4.89. The third-order valence-corrected chi connectivity index (χ3v) is 3.45. The summed E-state index contributed by atoms with van der Waals surface area (Å²) < 4.78 is 14.0. The molecular weight excluding hydrogens is 293 g/mol. The fraction of sp³-hybridized carbons (Fsp3) is 0.600. The average Bonchev–Trinajstić information content (AvgIpc) is 2.24. The van der Waals surface area contributed by atoms with Crippen LogP contribution in [0.2, 0.25) is 0 Å². The van der Waals surface area contributed by atoms with Crippen molar-refractivity contribution in [3.63, 3.8) is 0 Å². The second-order valence-electron chi connectivity index (χ2n) is 5.38. The minimum absolute atomic E-state index is 0.186. The van der Waals surface area contributed by atoms with Gasteiger partial charge in [0.2, 0.25) is 0 Å². The largest absolute Gasteiger partial charge is 0.310 e. The Morgan fingerprint density at radius 3 is 2.50 bits per heavy atom. The van der Waals surface area contributed by atoms with Gasteiger partial charge in [0.05, 0.1) is 0 Å². The maximum atomic E-state index is 13.2. The molecule has 0 saturated heterocycles. The molecule has 0 aliphatic carbocycles. The maximum absolute atomic E-state index is 13.2. The maximum Gasteiger partial charge on any atom is 0.124 e. The number of rotatable bonds is 7. The highest BCUT2D eigenvalue weighted by molar-refractivity contribution is 9.10. The summed E-state index contributed by atoms with van der Waals surface area (Å²) in [6, 6.07) is 5.50. The molecule has 0 radical (unpaired) electrons. The lowest BCUT2D eigenvalue weighted by Gasteiger charge is -2.14. The molecule has 0 aliphatic rings. The molecule has 102 valence electrons. The van der Waals surface area contributed by atoms with Gasteiger partial charge in [-0.3, -0.25) is 0 Å². The Bertz CT molecular complexity index is 345. The molecule has 1 N–H and O–H groups in total. The monoisotopic (exact) mass is 315 g/mol. The second-order valence-corrected chi connectivity index (χ2v) is 6.30. The first kappa shape index (κ1) is 15.6. The number of nitrogens with one attached hydrogen (secondary N) is 1. The van der Waals surface area contributed by atoms with Crippen LogP contribution in [0.4, 0.5) is 4.39 Å². The Morgan fingerprint density at radius 2 is 1.89 bits per heavy atom. The molecular formula is C15H23BrFN. The van der Waals surface area contributed by atoms with Crippen LogP contribution in [0.25, 0.3) is 0 Å². The summed E-state index contributed by atoms with van der Waals surface area (Å²) in [5.74, 6) is 0.588. The Balaban J connectivity index is 2.31. The molecule has 0 bridgehead atoms. The molecule has 1 aromatic rings. The van der Waals surface area contributed by atoms with Gasteiger partial charge in [0, 0.05) is 17.1 Å². The van der Waals surface area contributed by atoms with Gasteiger partial charge in [0.1, 0.15) is 5.82 Å². The molecule has 18 heavy (non-hydrogen) atoms. The number of hydrogen-bond acceptors (Lipinski definition) is 1. The summed E-state index contributed by atoms with van der Waals surface area (Å²) in [7, 11) is 0. The van der Waals surface area contributed by atoms with Gasteiger partial charge in [-0.25, -0.2) is 4.39 Å². The summed E-state index contributed by atoms with van der Waals surface area (Å²) >= 11 is 3.31. The van der Waals surface area contributed by atoms with E-state index in [4.69, 9.17) is 0 Å². The lowest BCUT2D eigenvalue weighted by molar-refractivity contribution is 0.456. The molecule has 0 amide bonds. The van der Waals surface area contributed by atoms with Crippen LogP contribution in [-0.2, 0) is 6.54 Å². The van der Waals surface area contributed by atoms with Crippen molar-refractivity contribution < 1.29 is 4.39 Å². The van der Waals surface area contributed by atoms with Crippen molar-refractivity contribution in [1.82, 2.24) is 5.32 Å². The van der Waals surface area contributed by atoms with Crippen LogP contribution in [0.3, 0.4) is 0 Å². The lowest BCUT2D eigenvalue weighted by Crippen LogP contribution is -2.25. The van der Waals surface area contributed by atoms with Gasteiger partial charge in [0.15, 0.2) is 0 Å². The van der Waals surface area contributed by atoms with E-state index in [0.717, 1.165) is 22.5 Å². The van der Waals surface area contributed by atoms with Crippen LogP contribution in [0.5, 0.6) is 0 Å². The van der Waals surface area contributed by atoms with E-state index in [0.29, 0.717) is 6.04 Å². The van der Waals surface area contributed by atoms with Crippen molar-refractivity contribution in [3.8, 4) is 0 Å². The molecule has 1 unspecified atom stereocenters. The van der Waals surface area contributed by atoms with Crippen LogP contribution in [0.15, 0.2) is 22.7 Å². The van der Waals surface area contributed by atoms with Crippen LogP contribution in [0.1, 0.15) is 45.6 Å². The van der Waals surface area contributed by atoms with E-state index in [1.165, 1.54) is 25.3 Å². The average molecular weight is 316 g/mol. The van der Waals surface area contributed by atoms with Gasteiger partial charge in [-0.1, -0.05) is 42.6 Å². The molecule has 1 nitrogen and oxygen atoms in total. The predicted molar refractivity (Wildman–Crippen MR) is 79.1 cm³/mol. The molecule has 0 fully saturated rings. The van der Waals surface area contributed by atoms with Gasteiger partial charge >= 0.3 is 0 Å². The number of benzene rings is 1. The third kappa shape index (κ3) is 6.50. The van der Waals surface area contributed by atoms with Crippen LogP contribution in [0, 0.1) is 11.7 Å². The fourth-order valence-electron chi connectivity index (χ4n) is 1.94. The Labute approximate surface area is 118 Å². The number of hydrogen-bond donors (Lipinski definition) is 1. The van der Waals surface area contributed by atoms with Crippen LogP contribution in [-0.4, -0.2) is 6.04 Å². The van der Waals surface area contributed by atoms with E-state index in [-0.39, 0.29) is 5.82 Å². The molecule has 0 saturated carbocycles. The van der Waals surface area contributed by atoms with Crippen LogP contribution < -0.4 is 5.32 Å². The van der Waals surface area contributed by atoms with Crippen LogP contribution >= 0.6 is 15.9 Å². The van der Waals surface area contributed by atoms with Crippen molar-refractivity contribution >= 4 is 15.9 Å². The molecule has 1 aromatic carbocycles. The minimum Gasteiger partial charge on any atom is -0.310 e. The van der Waals surface area contributed by atoms with E-state index >= 15 is 0 Å². The first-order chi connectivity index (χ1) is 8.47. The first-order valence-corrected chi connectivity index (χ1v) is 7.45. The highest BCUT2D eigenvalue weighted by Gasteiger charge is 2.04. The quantitative estimate of drug-likeness (QED) is 0.755. The van der Waals surface area contributed by atoms with Gasteiger partial charge in [0.25, 0.3) is 0 Å². The third-order valence-electron chi connectivity index (χ3n) is 3.00. The second kappa shape index (κ2) is 7.90. The molecule has 0 aliphatic heterocycles. The Hall–Kier alpha value is -0.410. The topological polar surface area (TPSA) is 12.0 Å². The molecule has 1 atom stereocenters. The van der Waals surface area contributed by atoms with E-state index < -0.39 is 0 Å². The Kier molecular flexibility index (Phi) is 6.87. The standard InChI is InChI=1S/C15H23BrFN/c1-11(2)5-4-6-12(3)18-10-13-7-14(16)9-15(17)8-13/h7-9,11-12,18H,4-6,10H2,1-3H3. The van der Waals surface area contributed by atoms with Crippen molar-refractivity contribution in [2.75, 3.05) is 0 Å². The van der Waals surface area contributed by atoms with E-state index in [1.54, 1.807) is 6.07 Å². The SMILES string of the molecule is CC(C)CCCC(C)NCc1cc(F)cc(Br)c1. The van der Waals surface area contributed by atoms with Crippen molar-refractivity contribution in [2.24, 2.45) is 5.92 Å².